The molecule has 2 unspecified atom stereocenters. The molecule has 0 amide bonds. The van der Waals surface area contributed by atoms with Crippen molar-refractivity contribution < 1.29 is 0 Å². The van der Waals surface area contributed by atoms with Gasteiger partial charge in [-0.1, -0.05) is 20.3 Å². The first-order valence-corrected chi connectivity index (χ1v) is 6.73. The molecule has 0 saturated heterocycles. The van der Waals surface area contributed by atoms with E-state index in [0.29, 0.717) is 12.1 Å². The minimum absolute atomic E-state index is 0.381. The maximum absolute atomic E-state index is 4.51. The van der Waals surface area contributed by atoms with Crippen LogP contribution < -0.4 is 5.32 Å². The third-order valence-electron chi connectivity index (χ3n) is 2.70. The van der Waals surface area contributed by atoms with Crippen LogP contribution in [0.2, 0.25) is 0 Å². The van der Waals surface area contributed by atoms with E-state index >= 15 is 0 Å². The van der Waals surface area contributed by atoms with Crippen molar-refractivity contribution in [3.63, 3.8) is 0 Å². The summed E-state index contributed by atoms with van der Waals surface area (Å²) in [5.41, 5.74) is 1.19. The molecule has 0 radical (unpaired) electrons. The van der Waals surface area contributed by atoms with E-state index in [9.17, 15) is 0 Å². The number of rotatable bonds is 6. The van der Waals surface area contributed by atoms with Gasteiger partial charge in [0.2, 0.25) is 0 Å². The lowest BCUT2D eigenvalue weighted by molar-refractivity contribution is 0.413. The van der Waals surface area contributed by atoms with Gasteiger partial charge in [0.15, 0.2) is 0 Å². The first kappa shape index (κ1) is 12.7. The van der Waals surface area contributed by atoms with Crippen LogP contribution in [0.4, 0.5) is 0 Å². The summed E-state index contributed by atoms with van der Waals surface area (Å²) in [6.07, 6.45) is 3.69. The molecule has 0 aliphatic heterocycles. The van der Waals surface area contributed by atoms with Crippen LogP contribution in [0.3, 0.4) is 0 Å². The molecule has 1 heterocycles. The van der Waals surface area contributed by atoms with Crippen LogP contribution in [-0.4, -0.2) is 11.0 Å². The van der Waals surface area contributed by atoms with Crippen molar-refractivity contribution in [2.24, 2.45) is 0 Å². The van der Waals surface area contributed by atoms with Gasteiger partial charge in [-0.15, -0.1) is 11.3 Å². The lowest BCUT2D eigenvalue weighted by Crippen LogP contribution is -2.31. The third kappa shape index (κ3) is 3.92. The van der Waals surface area contributed by atoms with Gasteiger partial charge in [0, 0.05) is 17.5 Å². The van der Waals surface area contributed by atoms with E-state index in [1.165, 1.54) is 25.0 Å². The summed E-state index contributed by atoms with van der Waals surface area (Å²) in [5, 5.41) is 6.95. The highest BCUT2D eigenvalue weighted by Gasteiger charge is 2.12. The Morgan fingerprint density at radius 2 is 2.20 bits per heavy atom. The predicted molar refractivity (Wildman–Crippen MR) is 67.4 cm³/mol. The zero-order valence-corrected chi connectivity index (χ0v) is 11.0. The van der Waals surface area contributed by atoms with Crippen LogP contribution in [0.15, 0.2) is 5.38 Å². The molecule has 0 bridgehead atoms. The summed E-state index contributed by atoms with van der Waals surface area (Å²) in [4.78, 5) is 4.51. The molecule has 0 spiro atoms. The van der Waals surface area contributed by atoms with Crippen LogP contribution in [0.1, 0.15) is 56.8 Å². The number of hydrogen-bond donors (Lipinski definition) is 1. The summed E-state index contributed by atoms with van der Waals surface area (Å²) >= 11 is 1.73. The van der Waals surface area contributed by atoms with Crippen molar-refractivity contribution in [2.45, 2.75) is 59.0 Å². The highest BCUT2D eigenvalue weighted by Crippen LogP contribution is 2.17. The maximum Gasteiger partial charge on any atom is 0.0898 e. The molecular weight excluding hydrogens is 204 g/mol. The molecule has 3 heteroatoms. The normalized spacial score (nSPS) is 15.2. The number of hydrogen-bond acceptors (Lipinski definition) is 3. The largest absolute Gasteiger partial charge is 0.306 e. The molecule has 0 aliphatic rings. The van der Waals surface area contributed by atoms with E-state index in [1.54, 1.807) is 11.3 Å². The number of nitrogens with one attached hydrogen (secondary N) is 1. The quantitative estimate of drug-likeness (QED) is 0.800. The third-order valence-corrected chi connectivity index (χ3v) is 3.49. The Kier molecular flexibility index (Phi) is 5.26. The van der Waals surface area contributed by atoms with E-state index < -0.39 is 0 Å². The Balaban J connectivity index is 2.50. The van der Waals surface area contributed by atoms with Gasteiger partial charge in [0.1, 0.15) is 0 Å². The Hall–Kier alpha value is -0.410. The first-order chi connectivity index (χ1) is 7.17. The van der Waals surface area contributed by atoms with Gasteiger partial charge < -0.3 is 5.32 Å². The molecule has 86 valence electrons. The Morgan fingerprint density at radius 3 is 2.67 bits per heavy atom. The minimum Gasteiger partial charge on any atom is -0.306 e. The molecule has 2 atom stereocenters. The topological polar surface area (TPSA) is 24.9 Å². The lowest BCUT2D eigenvalue weighted by atomic mass is 10.1. The number of nitrogens with zero attached hydrogens (tertiary/aromatic N) is 1. The summed E-state index contributed by atoms with van der Waals surface area (Å²) in [6.45, 7) is 8.74. The van der Waals surface area contributed by atoms with Crippen LogP contribution >= 0.6 is 11.3 Å². The highest BCUT2D eigenvalue weighted by molar-refractivity contribution is 7.09. The zero-order valence-electron chi connectivity index (χ0n) is 10.2. The standard InChI is InChI=1S/C12H22N2S/c1-5-7-11(6-2)13-9(3)12-8-15-10(4)14-12/h8-9,11,13H,5-7H2,1-4H3. The first-order valence-electron chi connectivity index (χ1n) is 5.85. The van der Waals surface area contributed by atoms with Crippen molar-refractivity contribution in [3.8, 4) is 0 Å². The van der Waals surface area contributed by atoms with E-state index in [2.05, 4.69) is 43.4 Å². The van der Waals surface area contributed by atoms with Crippen LogP contribution in [-0.2, 0) is 0 Å². The summed E-state index contributed by atoms with van der Waals surface area (Å²) in [5.74, 6) is 0. The van der Waals surface area contributed by atoms with Crippen molar-refractivity contribution in [2.75, 3.05) is 0 Å². The molecule has 0 aliphatic carbocycles. The summed E-state index contributed by atoms with van der Waals surface area (Å²) in [6, 6.07) is 1.01. The van der Waals surface area contributed by atoms with Crippen LogP contribution in [0.25, 0.3) is 0 Å². The number of thiazole rings is 1. The average molecular weight is 226 g/mol. The van der Waals surface area contributed by atoms with Gasteiger partial charge in [-0.3, -0.25) is 0 Å². The smallest absolute Gasteiger partial charge is 0.0898 e. The second-order valence-electron chi connectivity index (χ2n) is 4.07. The molecule has 1 rings (SSSR count). The molecular formula is C12H22N2S. The number of aryl methyl sites for hydroxylation is 1. The molecule has 1 aromatic rings. The van der Waals surface area contributed by atoms with Gasteiger partial charge in [-0.05, 0) is 26.7 Å². The van der Waals surface area contributed by atoms with E-state index in [1.807, 2.05) is 0 Å². The van der Waals surface area contributed by atoms with Crippen molar-refractivity contribution in [1.29, 1.82) is 0 Å². The summed E-state index contributed by atoms with van der Waals surface area (Å²) < 4.78 is 0. The van der Waals surface area contributed by atoms with Gasteiger partial charge in [0.25, 0.3) is 0 Å². The van der Waals surface area contributed by atoms with Gasteiger partial charge >= 0.3 is 0 Å². The molecule has 15 heavy (non-hydrogen) atoms. The van der Waals surface area contributed by atoms with Crippen molar-refractivity contribution >= 4 is 11.3 Å². The van der Waals surface area contributed by atoms with E-state index in [4.69, 9.17) is 0 Å². The second-order valence-corrected chi connectivity index (χ2v) is 5.14. The molecule has 2 nitrogen and oxygen atoms in total. The lowest BCUT2D eigenvalue weighted by Gasteiger charge is -2.20. The van der Waals surface area contributed by atoms with Crippen molar-refractivity contribution in [3.05, 3.63) is 16.1 Å². The van der Waals surface area contributed by atoms with Crippen LogP contribution in [0.5, 0.6) is 0 Å². The van der Waals surface area contributed by atoms with Crippen LogP contribution in [0, 0.1) is 6.92 Å². The zero-order chi connectivity index (χ0) is 11.3. The molecule has 0 fully saturated rings. The fourth-order valence-corrected chi connectivity index (χ4v) is 2.48. The van der Waals surface area contributed by atoms with E-state index in [-0.39, 0.29) is 0 Å². The average Bonchev–Trinajstić information content (AvgIpc) is 2.64. The predicted octanol–water partition coefficient (Wildman–Crippen LogP) is 3.68. The molecule has 0 saturated carbocycles. The van der Waals surface area contributed by atoms with Gasteiger partial charge in [0.05, 0.1) is 10.7 Å². The fraction of sp³-hybridized carbons (Fsp3) is 0.750. The molecule has 0 aromatic carbocycles. The van der Waals surface area contributed by atoms with Gasteiger partial charge in [-0.2, -0.15) is 0 Å². The Labute approximate surface area is 97.1 Å². The monoisotopic (exact) mass is 226 g/mol. The Bertz CT molecular complexity index is 283. The SMILES string of the molecule is CCCC(CC)NC(C)c1csc(C)n1. The maximum atomic E-state index is 4.51. The molecule has 1 N–H and O–H groups in total. The fourth-order valence-electron chi connectivity index (χ4n) is 1.77. The van der Waals surface area contributed by atoms with Crippen molar-refractivity contribution in [1.82, 2.24) is 10.3 Å². The Morgan fingerprint density at radius 1 is 1.47 bits per heavy atom. The molecule has 1 aromatic heterocycles. The van der Waals surface area contributed by atoms with E-state index in [0.717, 1.165) is 5.01 Å². The minimum atomic E-state index is 0.381. The number of aromatic nitrogens is 1. The highest BCUT2D eigenvalue weighted by atomic mass is 32.1. The van der Waals surface area contributed by atoms with Gasteiger partial charge in [-0.25, -0.2) is 4.98 Å². The second kappa shape index (κ2) is 6.23. The summed E-state index contributed by atoms with van der Waals surface area (Å²) in [7, 11) is 0.